The number of hydrogen-bond acceptors (Lipinski definition) is 2. The fraction of sp³-hybridized carbons (Fsp3) is 0.429. The Morgan fingerprint density at radius 1 is 1.14 bits per heavy atom. The number of nitrogens with zero attached hydrogens (tertiary/aromatic N) is 4. The minimum atomic E-state index is -0.0203. The second-order valence-corrected chi connectivity index (χ2v) is 8.15. The fourth-order valence-electron chi connectivity index (χ4n) is 3.54. The molecule has 0 saturated heterocycles. The van der Waals surface area contributed by atoms with E-state index in [-0.39, 0.29) is 5.91 Å². The van der Waals surface area contributed by atoms with Gasteiger partial charge in [0, 0.05) is 24.3 Å². The number of hydrogen-bond donors (Lipinski definition) is 0. The Kier molecular flexibility index (Phi) is 7.14. The van der Waals surface area contributed by atoms with Crippen LogP contribution < -0.4 is 0 Å². The molecule has 0 N–H and O–H groups in total. The molecule has 3 rings (SSSR count). The number of aromatic nitrogens is 3. The lowest BCUT2D eigenvalue weighted by atomic mass is 10.2. The number of fused-ring (bicyclic) bond motifs is 1. The first kappa shape index (κ1) is 22.0. The highest BCUT2D eigenvalue weighted by Gasteiger charge is 2.27. The first-order valence-electron chi connectivity index (χ1n) is 9.94. The summed E-state index contributed by atoms with van der Waals surface area (Å²) in [5, 5.41) is 1.47. The zero-order valence-electron chi connectivity index (χ0n) is 16.9. The van der Waals surface area contributed by atoms with Crippen LogP contribution in [0.25, 0.3) is 11.5 Å². The molecule has 0 radical (unpaired) electrons. The van der Waals surface area contributed by atoms with Crippen LogP contribution in [0.4, 0.5) is 0 Å². The smallest absolute Gasteiger partial charge is 0.272 e. The van der Waals surface area contributed by atoms with Crippen LogP contribution in [0.15, 0.2) is 34.5 Å². The van der Waals surface area contributed by atoms with E-state index in [1.807, 2.05) is 24.0 Å². The van der Waals surface area contributed by atoms with Gasteiger partial charge in [0.25, 0.3) is 5.91 Å². The average Bonchev–Trinajstić information content (AvgIpc) is 3.12. The normalized spacial score (nSPS) is 14.5. The monoisotopic (exact) mass is 454 g/mol. The summed E-state index contributed by atoms with van der Waals surface area (Å²) < 4.78 is 3.55. The van der Waals surface area contributed by atoms with Crippen molar-refractivity contribution in [2.75, 3.05) is 13.1 Å². The van der Waals surface area contributed by atoms with Crippen LogP contribution in [-0.4, -0.2) is 37.8 Å². The molecule has 1 aliphatic rings. The summed E-state index contributed by atoms with van der Waals surface area (Å²) in [5.74, 6) is 0.548. The van der Waals surface area contributed by atoms with E-state index in [2.05, 4.69) is 13.8 Å². The molecular formula is C21H25Cl3N4O. The van der Waals surface area contributed by atoms with Crippen LogP contribution in [-0.2, 0) is 6.42 Å². The van der Waals surface area contributed by atoms with E-state index in [1.165, 1.54) is 0 Å². The first-order chi connectivity index (χ1) is 13.9. The average molecular weight is 456 g/mol. The van der Waals surface area contributed by atoms with Gasteiger partial charge in [-0.25, -0.2) is 4.98 Å². The van der Waals surface area contributed by atoms with Crippen molar-refractivity contribution < 1.29 is 4.79 Å². The third-order valence-electron chi connectivity index (χ3n) is 4.80. The molecule has 0 aromatic carbocycles. The van der Waals surface area contributed by atoms with Crippen molar-refractivity contribution in [2.45, 2.75) is 46.5 Å². The maximum absolute atomic E-state index is 13.4. The molecule has 2 aromatic rings. The largest absolute Gasteiger partial charge is 0.337 e. The molecule has 0 atom stereocenters. The lowest BCUT2D eigenvalue weighted by Gasteiger charge is -2.21. The van der Waals surface area contributed by atoms with E-state index >= 15 is 0 Å². The molecule has 5 nitrogen and oxygen atoms in total. The Morgan fingerprint density at radius 2 is 1.83 bits per heavy atom. The molecule has 0 fully saturated rings. The molecule has 8 heteroatoms. The Bertz CT molecular complexity index is 1010. The molecule has 0 bridgehead atoms. The van der Waals surface area contributed by atoms with Crippen molar-refractivity contribution in [3.63, 3.8) is 0 Å². The van der Waals surface area contributed by atoms with E-state index < -0.39 is 0 Å². The molecule has 1 amide bonds. The lowest BCUT2D eigenvalue weighted by molar-refractivity contribution is 0.0747. The van der Waals surface area contributed by atoms with Gasteiger partial charge in [-0.15, -0.1) is 0 Å². The van der Waals surface area contributed by atoms with Gasteiger partial charge in [-0.1, -0.05) is 67.7 Å². The van der Waals surface area contributed by atoms with E-state index in [4.69, 9.17) is 39.8 Å². The summed E-state index contributed by atoms with van der Waals surface area (Å²) >= 11 is 19.2. The van der Waals surface area contributed by atoms with E-state index in [0.29, 0.717) is 58.3 Å². The first-order valence-corrected chi connectivity index (χ1v) is 11.1. The zero-order chi connectivity index (χ0) is 21.1. The molecule has 0 unspecified atom stereocenters. The van der Waals surface area contributed by atoms with Crippen LogP contribution in [0, 0.1) is 0 Å². The molecule has 1 aliphatic carbocycles. The van der Waals surface area contributed by atoms with Crippen LogP contribution in [0.2, 0.25) is 5.15 Å². The summed E-state index contributed by atoms with van der Waals surface area (Å²) in [7, 11) is 0. The van der Waals surface area contributed by atoms with Gasteiger partial charge in [0.05, 0.1) is 16.4 Å². The molecule has 0 saturated carbocycles. The highest BCUT2D eigenvalue weighted by molar-refractivity contribution is 6.39. The van der Waals surface area contributed by atoms with E-state index in [9.17, 15) is 4.79 Å². The highest BCUT2D eigenvalue weighted by Crippen LogP contribution is 2.33. The molecular weight excluding hydrogens is 431 g/mol. The van der Waals surface area contributed by atoms with E-state index in [1.54, 1.807) is 21.2 Å². The van der Waals surface area contributed by atoms with Gasteiger partial charge < -0.3 is 4.90 Å². The number of allylic oxidation sites excluding steroid dienone is 6. The van der Waals surface area contributed by atoms with Crippen LogP contribution in [0.1, 0.15) is 56.2 Å². The summed E-state index contributed by atoms with van der Waals surface area (Å²) in [6, 6.07) is 0. The number of aryl methyl sites for hydroxylation is 1. The van der Waals surface area contributed by atoms with Gasteiger partial charge in [0.2, 0.25) is 5.78 Å². The van der Waals surface area contributed by atoms with Gasteiger partial charge in [-0.3, -0.25) is 13.8 Å². The Morgan fingerprint density at radius 3 is 2.45 bits per heavy atom. The highest BCUT2D eigenvalue weighted by atomic mass is 35.5. The van der Waals surface area contributed by atoms with Crippen molar-refractivity contribution in [2.24, 2.45) is 0 Å². The van der Waals surface area contributed by atoms with Gasteiger partial charge in [0.1, 0.15) is 10.8 Å². The van der Waals surface area contributed by atoms with Crippen molar-refractivity contribution in [1.29, 1.82) is 0 Å². The molecule has 0 aliphatic heterocycles. The topological polar surface area (TPSA) is 42.5 Å². The number of carbonyl (C=O) groups excluding carboxylic acids is 1. The Hall–Kier alpha value is -1.69. The fourth-order valence-corrected chi connectivity index (χ4v) is 4.34. The predicted molar refractivity (Wildman–Crippen MR) is 121 cm³/mol. The van der Waals surface area contributed by atoms with Crippen LogP contribution in [0.3, 0.4) is 0 Å². The summed E-state index contributed by atoms with van der Waals surface area (Å²) in [6.07, 6.45) is 10.3. The number of halogens is 3. The summed E-state index contributed by atoms with van der Waals surface area (Å²) in [4.78, 5) is 20.0. The standard InChI is InChI=1S/C21H25Cl3N4O/c1-4-10-26(11-5-2)20(29)19-16(6-3)25-21-27(19)13-18(24)28(21)17-9-7-8-14(22)12-15(17)23/h8-9,12-13H,4-7,10-11H2,1-3H3. The van der Waals surface area contributed by atoms with Crippen molar-refractivity contribution in [3.8, 4) is 0 Å². The molecule has 29 heavy (non-hydrogen) atoms. The van der Waals surface area contributed by atoms with E-state index in [0.717, 1.165) is 18.5 Å². The van der Waals surface area contributed by atoms with Gasteiger partial charge in [0.15, 0.2) is 0 Å². The molecule has 2 aromatic heterocycles. The second-order valence-electron chi connectivity index (χ2n) is 6.92. The Labute approximate surface area is 186 Å². The van der Waals surface area contributed by atoms with Crippen molar-refractivity contribution in [3.05, 3.63) is 51.0 Å². The van der Waals surface area contributed by atoms with Crippen LogP contribution >= 0.6 is 34.8 Å². The van der Waals surface area contributed by atoms with Crippen LogP contribution in [0.5, 0.6) is 0 Å². The Balaban J connectivity index is 2.16. The molecule has 156 valence electrons. The SMILES string of the molecule is CCCN(CCC)C(=O)c1c(CC)nc2n(C3=CCC=C(Cl)C=C3Cl)c(Cl)cn12. The van der Waals surface area contributed by atoms with Gasteiger partial charge in [-0.2, -0.15) is 0 Å². The second kappa shape index (κ2) is 9.41. The minimum absolute atomic E-state index is 0.0203. The maximum atomic E-state index is 13.4. The van der Waals surface area contributed by atoms with Crippen molar-refractivity contribution >= 4 is 52.2 Å². The minimum Gasteiger partial charge on any atom is -0.337 e. The third kappa shape index (κ3) is 4.27. The predicted octanol–water partition coefficient (Wildman–Crippen LogP) is 6.10. The van der Waals surface area contributed by atoms with Gasteiger partial charge >= 0.3 is 0 Å². The number of carbonyl (C=O) groups is 1. The molecule has 0 spiro atoms. The number of imidazole rings is 2. The summed E-state index contributed by atoms with van der Waals surface area (Å²) in [6.45, 7) is 7.56. The summed E-state index contributed by atoms with van der Waals surface area (Å²) in [5.41, 5.74) is 2.01. The number of rotatable bonds is 7. The third-order valence-corrected chi connectivity index (χ3v) is 5.63. The maximum Gasteiger partial charge on any atom is 0.272 e. The van der Waals surface area contributed by atoms with Gasteiger partial charge in [-0.05, 0) is 31.8 Å². The molecule has 2 heterocycles. The van der Waals surface area contributed by atoms with Crippen molar-refractivity contribution in [1.82, 2.24) is 18.9 Å². The zero-order valence-corrected chi connectivity index (χ0v) is 19.2. The lowest BCUT2D eigenvalue weighted by Crippen LogP contribution is -2.33. The quantitative estimate of drug-likeness (QED) is 0.506. The number of amides is 1.